The number of allylic oxidation sites excluding steroid dienone is 1. The molecule has 0 unspecified atom stereocenters. The van der Waals surface area contributed by atoms with Crippen LogP contribution in [0.1, 0.15) is 22.8 Å². The third-order valence-electron chi connectivity index (χ3n) is 1.85. The first-order valence-corrected chi connectivity index (χ1v) is 4.45. The number of carbonyl (C=O) groups is 1. The van der Waals surface area contributed by atoms with E-state index in [4.69, 9.17) is 0 Å². The van der Waals surface area contributed by atoms with Crippen LogP contribution < -0.4 is 0 Å². The van der Waals surface area contributed by atoms with Crippen molar-refractivity contribution in [3.63, 3.8) is 0 Å². The summed E-state index contributed by atoms with van der Waals surface area (Å²) in [7, 11) is 1.38. The van der Waals surface area contributed by atoms with Gasteiger partial charge in [0.2, 0.25) is 0 Å². The highest BCUT2D eigenvalue weighted by Gasteiger charge is 2.04. The van der Waals surface area contributed by atoms with Crippen LogP contribution in [0.2, 0.25) is 0 Å². The first-order valence-electron chi connectivity index (χ1n) is 4.45. The van der Waals surface area contributed by atoms with E-state index in [9.17, 15) is 4.79 Å². The van der Waals surface area contributed by atoms with Gasteiger partial charge in [0.1, 0.15) is 0 Å². The van der Waals surface area contributed by atoms with Crippen molar-refractivity contribution in [1.82, 2.24) is 0 Å². The molecule has 0 spiro atoms. The van der Waals surface area contributed by atoms with Gasteiger partial charge in [0, 0.05) is 0 Å². The minimum Gasteiger partial charge on any atom is -0.465 e. The van der Waals surface area contributed by atoms with Crippen molar-refractivity contribution < 1.29 is 9.53 Å². The Morgan fingerprint density at radius 3 is 2.79 bits per heavy atom. The number of benzene rings is 1. The van der Waals surface area contributed by atoms with Gasteiger partial charge in [-0.1, -0.05) is 24.3 Å². The van der Waals surface area contributed by atoms with E-state index in [2.05, 4.69) is 11.3 Å². The lowest BCUT2D eigenvalue weighted by Crippen LogP contribution is -2.01. The zero-order valence-electron chi connectivity index (χ0n) is 8.54. The Labute approximate surface area is 84.2 Å². The topological polar surface area (TPSA) is 26.3 Å². The van der Waals surface area contributed by atoms with Crippen LogP contribution in [-0.4, -0.2) is 13.1 Å². The lowest BCUT2D eigenvalue weighted by molar-refractivity contribution is 0.0600. The van der Waals surface area contributed by atoms with E-state index in [0.29, 0.717) is 5.56 Å². The normalized spacial score (nSPS) is 9.57. The summed E-state index contributed by atoms with van der Waals surface area (Å²) in [5.74, 6) is -0.298. The van der Waals surface area contributed by atoms with Gasteiger partial charge in [-0.15, -0.1) is 0 Å². The van der Waals surface area contributed by atoms with Crippen LogP contribution >= 0.6 is 0 Å². The molecular weight excluding hydrogens is 176 g/mol. The van der Waals surface area contributed by atoms with Crippen molar-refractivity contribution in [2.24, 2.45) is 0 Å². The lowest BCUT2D eigenvalue weighted by atomic mass is 10.0. The van der Waals surface area contributed by atoms with E-state index in [1.165, 1.54) is 7.11 Å². The highest BCUT2D eigenvalue weighted by molar-refractivity contribution is 5.89. The largest absolute Gasteiger partial charge is 0.465 e. The second-order valence-electron chi connectivity index (χ2n) is 3.33. The van der Waals surface area contributed by atoms with Gasteiger partial charge in [-0.2, -0.15) is 0 Å². The smallest absolute Gasteiger partial charge is 0.337 e. The van der Waals surface area contributed by atoms with Gasteiger partial charge >= 0.3 is 5.97 Å². The molecule has 0 bridgehead atoms. The van der Waals surface area contributed by atoms with Crippen molar-refractivity contribution in [2.45, 2.75) is 13.3 Å². The monoisotopic (exact) mass is 190 g/mol. The van der Waals surface area contributed by atoms with Crippen molar-refractivity contribution in [2.75, 3.05) is 7.11 Å². The Balaban J connectivity index is 2.89. The highest BCUT2D eigenvalue weighted by Crippen LogP contribution is 2.10. The van der Waals surface area contributed by atoms with Crippen molar-refractivity contribution in [3.8, 4) is 0 Å². The predicted octanol–water partition coefficient (Wildman–Crippen LogP) is 2.59. The average Bonchev–Trinajstić information content (AvgIpc) is 2.16. The Bertz CT molecular complexity index is 353. The number of hydrogen-bond acceptors (Lipinski definition) is 2. The Hall–Kier alpha value is -1.57. The summed E-state index contributed by atoms with van der Waals surface area (Å²) in [6.45, 7) is 5.79. The molecule has 0 atom stereocenters. The van der Waals surface area contributed by atoms with Crippen LogP contribution in [0.25, 0.3) is 0 Å². The predicted molar refractivity (Wildman–Crippen MR) is 56.3 cm³/mol. The van der Waals surface area contributed by atoms with Gasteiger partial charge in [0.15, 0.2) is 0 Å². The lowest BCUT2D eigenvalue weighted by Gasteiger charge is -2.03. The van der Waals surface area contributed by atoms with Crippen LogP contribution in [0.5, 0.6) is 0 Å². The first-order chi connectivity index (χ1) is 6.63. The molecule has 0 saturated heterocycles. The summed E-state index contributed by atoms with van der Waals surface area (Å²) >= 11 is 0. The fourth-order valence-corrected chi connectivity index (χ4v) is 1.27. The molecule has 0 fully saturated rings. The van der Waals surface area contributed by atoms with Gasteiger partial charge < -0.3 is 4.74 Å². The molecule has 0 aliphatic heterocycles. The standard InChI is InChI=1S/C12H14O2/c1-9(2)7-10-5-4-6-11(8-10)12(13)14-3/h4-6,8H,1,7H2,2-3H3. The summed E-state index contributed by atoms with van der Waals surface area (Å²) in [6, 6.07) is 7.40. The minimum absolute atomic E-state index is 0.298. The maximum atomic E-state index is 11.2. The van der Waals surface area contributed by atoms with Gasteiger partial charge in [-0.25, -0.2) is 4.79 Å². The van der Waals surface area contributed by atoms with E-state index < -0.39 is 0 Å². The quantitative estimate of drug-likeness (QED) is 0.541. The molecule has 0 aliphatic carbocycles. The third kappa shape index (κ3) is 2.73. The summed E-state index contributed by atoms with van der Waals surface area (Å²) in [5, 5.41) is 0. The Morgan fingerprint density at radius 1 is 1.50 bits per heavy atom. The maximum Gasteiger partial charge on any atom is 0.337 e. The van der Waals surface area contributed by atoms with Crippen LogP contribution in [0.3, 0.4) is 0 Å². The zero-order valence-corrected chi connectivity index (χ0v) is 8.54. The molecule has 2 heteroatoms. The van der Waals surface area contributed by atoms with Crippen LogP contribution in [0.15, 0.2) is 36.4 Å². The molecule has 1 rings (SSSR count). The average molecular weight is 190 g/mol. The Kier molecular flexibility index (Phi) is 3.46. The molecule has 2 nitrogen and oxygen atoms in total. The first kappa shape index (κ1) is 10.5. The van der Waals surface area contributed by atoms with Crippen LogP contribution in [-0.2, 0) is 11.2 Å². The van der Waals surface area contributed by atoms with Gasteiger partial charge in [-0.05, 0) is 31.0 Å². The number of carbonyl (C=O) groups excluding carboxylic acids is 1. The SMILES string of the molecule is C=C(C)Cc1cccc(C(=O)OC)c1. The van der Waals surface area contributed by atoms with Crippen molar-refractivity contribution in [1.29, 1.82) is 0 Å². The molecule has 0 N–H and O–H groups in total. The number of hydrogen-bond donors (Lipinski definition) is 0. The summed E-state index contributed by atoms with van der Waals surface area (Å²) < 4.78 is 4.63. The summed E-state index contributed by atoms with van der Waals surface area (Å²) in [5.41, 5.74) is 2.75. The van der Waals surface area contributed by atoms with Gasteiger partial charge in [0.05, 0.1) is 12.7 Å². The number of rotatable bonds is 3. The third-order valence-corrected chi connectivity index (χ3v) is 1.85. The molecular formula is C12H14O2. The second-order valence-corrected chi connectivity index (χ2v) is 3.33. The van der Waals surface area contributed by atoms with E-state index in [0.717, 1.165) is 17.6 Å². The molecule has 0 amide bonds. The molecule has 0 radical (unpaired) electrons. The van der Waals surface area contributed by atoms with Gasteiger partial charge in [0.25, 0.3) is 0 Å². The minimum atomic E-state index is -0.298. The molecule has 14 heavy (non-hydrogen) atoms. The van der Waals surface area contributed by atoms with E-state index >= 15 is 0 Å². The van der Waals surface area contributed by atoms with Crippen molar-refractivity contribution in [3.05, 3.63) is 47.5 Å². The number of esters is 1. The Morgan fingerprint density at radius 2 is 2.21 bits per heavy atom. The van der Waals surface area contributed by atoms with E-state index in [1.807, 2.05) is 25.1 Å². The highest BCUT2D eigenvalue weighted by atomic mass is 16.5. The second kappa shape index (κ2) is 4.61. The molecule has 74 valence electrons. The fraction of sp³-hybridized carbons (Fsp3) is 0.250. The van der Waals surface area contributed by atoms with E-state index in [-0.39, 0.29) is 5.97 Å². The number of methoxy groups -OCH3 is 1. The maximum absolute atomic E-state index is 11.2. The van der Waals surface area contributed by atoms with Crippen LogP contribution in [0, 0.1) is 0 Å². The molecule has 0 aromatic heterocycles. The molecule has 1 aromatic rings. The number of ether oxygens (including phenoxy) is 1. The molecule has 0 heterocycles. The van der Waals surface area contributed by atoms with Crippen molar-refractivity contribution >= 4 is 5.97 Å². The van der Waals surface area contributed by atoms with E-state index in [1.54, 1.807) is 6.07 Å². The van der Waals surface area contributed by atoms with Crippen LogP contribution in [0.4, 0.5) is 0 Å². The van der Waals surface area contributed by atoms with Gasteiger partial charge in [-0.3, -0.25) is 0 Å². The zero-order chi connectivity index (χ0) is 10.6. The summed E-state index contributed by atoms with van der Waals surface area (Å²) in [6.07, 6.45) is 0.796. The fourth-order valence-electron chi connectivity index (χ4n) is 1.27. The molecule has 0 saturated carbocycles. The molecule has 1 aromatic carbocycles. The summed E-state index contributed by atoms with van der Waals surface area (Å²) in [4.78, 5) is 11.2. The molecule has 0 aliphatic rings.